The molecule has 0 saturated heterocycles. The maximum Gasteiger partial charge on any atom is 0.218 e. The highest BCUT2D eigenvalue weighted by atomic mass is 16.5. The molecule has 1 aromatic heterocycles. The minimum absolute atomic E-state index is 0.230. The van der Waals surface area contributed by atoms with Crippen LogP contribution in [-0.4, -0.2) is 17.6 Å². The number of rotatable bonds is 8. The zero-order chi connectivity index (χ0) is 13.4. The SMILES string of the molecule is CCCC(C)Oc1ncccc1CNCC(C)C. The maximum absolute atomic E-state index is 5.89. The summed E-state index contributed by atoms with van der Waals surface area (Å²) in [5.41, 5.74) is 1.14. The molecule has 0 spiro atoms. The third-order valence-electron chi connectivity index (χ3n) is 2.73. The van der Waals surface area contributed by atoms with Crippen LogP contribution in [0.1, 0.15) is 46.1 Å². The Kier molecular flexibility index (Phi) is 6.73. The van der Waals surface area contributed by atoms with Gasteiger partial charge in [0.25, 0.3) is 0 Å². The zero-order valence-electron chi connectivity index (χ0n) is 12.1. The highest BCUT2D eigenvalue weighted by Gasteiger charge is 2.08. The number of hydrogen-bond acceptors (Lipinski definition) is 3. The molecule has 0 aliphatic rings. The van der Waals surface area contributed by atoms with Gasteiger partial charge in [0.1, 0.15) is 0 Å². The van der Waals surface area contributed by atoms with Crippen molar-refractivity contribution in [3.05, 3.63) is 23.9 Å². The Labute approximate surface area is 111 Å². The first-order chi connectivity index (χ1) is 8.63. The molecule has 1 unspecified atom stereocenters. The van der Waals surface area contributed by atoms with Crippen molar-refractivity contribution < 1.29 is 4.74 Å². The Hall–Kier alpha value is -1.09. The average Bonchev–Trinajstić information content (AvgIpc) is 2.31. The molecule has 102 valence electrons. The first-order valence-corrected chi connectivity index (χ1v) is 6.94. The lowest BCUT2D eigenvalue weighted by molar-refractivity contribution is 0.199. The molecule has 3 heteroatoms. The molecule has 18 heavy (non-hydrogen) atoms. The second kappa shape index (κ2) is 8.09. The highest BCUT2D eigenvalue weighted by molar-refractivity contribution is 5.25. The molecule has 0 fully saturated rings. The molecule has 0 radical (unpaired) electrons. The van der Waals surface area contributed by atoms with Gasteiger partial charge in [-0.3, -0.25) is 0 Å². The number of ether oxygens (including phenoxy) is 1. The van der Waals surface area contributed by atoms with Crippen molar-refractivity contribution in [3.8, 4) is 5.88 Å². The van der Waals surface area contributed by atoms with Crippen molar-refractivity contribution in [2.45, 2.75) is 53.2 Å². The van der Waals surface area contributed by atoms with Crippen LogP contribution in [0.15, 0.2) is 18.3 Å². The number of hydrogen-bond donors (Lipinski definition) is 1. The van der Waals surface area contributed by atoms with E-state index in [1.807, 2.05) is 6.07 Å². The molecule has 0 saturated carbocycles. The van der Waals surface area contributed by atoms with Crippen LogP contribution in [0, 0.1) is 5.92 Å². The Balaban J connectivity index is 2.56. The van der Waals surface area contributed by atoms with E-state index >= 15 is 0 Å². The fraction of sp³-hybridized carbons (Fsp3) is 0.667. The largest absolute Gasteiger partial charge is 0.474 e. The van der Waals surface area contributed by atoms with Crippen LogP contribution in [0.4, 0.5) is 0 Å². The summed E-state index contributed by atoms with van der Waals surface area (Å²) in [4.78, 5) is 4.34. The Morgan fingerprint density at radius 2 is 2.11 bits per heavy atom. The second-order valence-corrected chi connectivity index (χ2v) is 5.21. The van der Waals surface area contributed by atoms with Gasteiger partial charge in [-0.25, -0.2) is 4.98 Å². The van der Waals surface area contributed by atoms with Gasteiger partial charge in [0, 0.05) is 18.3 Å². The summed E-state index contributed by atoms with van der Waals surface area (Å²) in [6, 6.07) is 4.04. The lowest BCUT2D eigenvalue weighted by Crippen LogP contribution is -2.20. The lowest BCUT2D eigenvalue weighted by atomic mass is 10.2. The van der Waals surface area contributed by atoms with Gasteiger partial charge >= 0.3 is 0 Å². The van der Waals surface area contributed by atoms with Crippen molar-refractivity contribution in [1.29, 1.82) is 0 Å². The molecule has 1 atom stereocenters. The maximum atomic E-state index is 5.89. The molecular formula is C15H26N2O. The summed E-state index contributed by atoms with van der Waals surface area (Å²) < 4.78 is 5.89. The van der Waals surface area contributed by atoms with E-state index in [1.54, 1.807) is 6.20 Å². The molecular weight excluding hydrogens is 224 g/mol. The molecule has 1 heterocycles. The van der Waals surface area contributed by atoms with E-state index in [0.717, 1.165) is 37.4 Å². The van der Waals surface area contributed by atoms with E-state index in [0.29, 0.717) is 5.92 Å². The first kappa shape index (κ1) is 15.0. The van der Waals surface area contributed by atoms with Crippen molar-refractivity contribution >= 4 is 0 Å². The minimum atomic E-state index is 0.230. The van der Waals surface area contributed by atoms with Gasteiger partial charge in [0.15, 0.2) is 0 Å². The van der Waals surface area contributed by atoms with Crippen LogP contribution in [0.3, 0.4) is 0 Å². The summed E-state index contributed by atoms with van der Waals surface area (Å²) >= 11 is 0. The van der Waals surface area contributed by atoms with Gasteiger partial charge in [-0.1, -0.05) is 33.3 Å². The van der Waals surface area contributed by atoms with Gasteiger partial charge in [-0.05, 0) is 31.9 Å². The van der Waals surface area contributed by atoms with Crippen LogP contribution in [-0.2, 0) is 6.54 Å². The zero-order valence-corrected chi connectivity index (χ0v) is 12.1. The predicted octanol–water partition coefficient (Wildman–Crippen LogP) is 3.39. The fourth-order valence-electron chi connectivity index (χ4n) is 1.82. The molecule has 3 nitrogen and oxygen atoms in total. The van der Waals surface area contributed by atoms with E-state index < -0.39 is 0 Å². The fourth-order valence-corrected chi connectivity index (χ4v) is 1.82. The summed E-state index contributed by atoms with van der Waals surface area (Å²) in [5.74, 6) is 1.43. The standard InChI is InChI=1S/C15H26N2O/c1-5-7-13(4)18-15-14(8-6-9-17-15)11-16-10-12(2)3/h6,8-9,12-13,16H,5,7,10-11H2,1-4H3. The van der Waals surface area contributed by atoms with Crippen molar-refractivity contribution in [2.75, 3.05) is 6.54 Å². The molecule has 1 N–H and O–H groups in total. The number of aromatic nitrogens is 1. The Morgan fingerprint density at radius 3 is 2.78 bits per heavy atom. The topological polar surface area (TPSA) is 34.1 Å². The Morgan fingerprint density at radius 1 is 1.33 bits per heavy atom. The average molecular weight is 250 g/mol. The second-order valence-electron chi connectivity index (χ2n) is 5.21. The normalized spacial score (nSPS) is 12.7. The third kappa shape index (κ3) is 5.50. The van der Waals surface area contributed by atoms with E-state index in [1.165, 1.54) is 0 Å². The van der Waals surface area contributed by atoms with Gasteiger partial charge in [0.05, 0.1) is 6.10 Å². The van der Waals surface area contributed by atoms with E-state index in [2.05, 4.69) is 44.1 Å². The first-order valence-electron chi connectivity index (χ1n) is 6.94. The van der Waals surface area contributed by atoms with Crippen molar-refractivity contribution in [2.24, 2.45) is 5.92 Å². The van der Waals surface area contributed by atoms with Gasteiger partial charge in [-0.2, -0.15) is 0 Å². The molecule has 0 aromatic carbocycles. The van der Waals surface area contributed by atoms with Crippen molar-refractivity contribution in [1.82, 2.24) is 10.3 Å². The molecule has 0 amide bonds. The molecule has 1 aromatic rings. The molecule has 0 aliphatic carbocycles. The van der Waals surface area contributed by atoms with Crippen LogP contribution in [0.2, 0.25) is 0 Å². The summed E-state index contributed by atoms with van der Waals surface area (Å²) in [7, 11) is 0. The number of nitrogens with zero attached hydrogens (tertiary/aromatic N) is 1. The van der Waals surface area contributed by atoms with Crippen LogP contribution in [0.25, 0.3) is 0 Å². The van der Waals surface area contributed by atoms with Crippen LogP contribution < -0.4 is 10.1 Å². The summed E-state index contributed by atoms with van der Waals surface area (Å²) in [5, 5.41) is 3.43. The number of pyridine rings is 1. The van der Waals surface area contributed by atoms with Gasteiger partial charge in [-0.15, -0.1) is 0 Å². The lowest BCUT2D eigenvalue weighted by Gasteiger charge is -2.16. The van der Waals surface area contributed by atoms with E-state index in [9.17, 15) is 0 Å². The van der Waals surface area contributed by atoms with E-state index in [-0.39, 0.29) is 6.10 Å². The predicted molar refractivity (Wildman–Crippen MR) is 75.8 cm³/mol. The van der Waals surface area contributed by atoms with Crippen LogP contribution in [0.5, 0.6) is 5.88 Å². The monoisotopic (exact) mass is 250 g/mol. The van der Waals surface area contributed by atoms with Crippen LogP contribution >= 0.6 is 0 Å². The molecule has 1 rings (SSSR count). The number of nitrogens with one attached hydrogen (secondary N) is 1. The van der Waals surface area contributed by atoms with Crippen molar-refractivity contribution in [3.63, 3.8) is 0 Å². The van der Waals surface area contributed by atoms with Gasteiger partial charge in [0.2, 0.25) is 5.88 Å². The molecule has 0 aliphatic heterocycles. The smallest absolute Gasteiger partial charge is 0.218 e. The third-order valence-corrected chi connectivity index (χ3v) is 2.73. The molecule has 0 bridgehead atoms. The van der Waals surface area contributed by atoms with E-state index in [4.69, 9.17) is 4.74 Å². The quantitative estimate of drug-likeness (QED) is 0.768. The minimum Gasteiger partial charge on any atom is -0.474 e. The summed E-state index contributed by atoms with van der Waals surface area (Å²) in [6.45, 7) is 10.5. The summed E-state index contributed by atoms with van der Waals surface area (Å²) in [6.07, 6.45) is 4.22. The highest BCUT2D eigenvalue weighted by Crippen LogP contribution is 2.17. The Bertz CT molecular complexity index is 339. The van der Waals surface area contributed by atoms with Gasteiger partial charge < -0.3 is 10.1 Å².